The Morgan fingerprint density at radius 2 is 1.59 bits per heavy atom. The Morgan fingerprint density at radius 3 is 2.48 bits per heavy atom. The minimum absolute atomic E-state index is 0.900. The number of nitrogens with zero attached hydrogens (tertiary/aromatic N) is 1. The van der Waals surface area contributed by atoms with Gasteiger partial charge in [0.05, 0.1) is 10.4 Å². The van der Waals surface area contributed by atoms with E-state index in [-0.39, 0.29) is 0 Å². The first-order chi connectivity index (χ1) is 14.3. The van der Waals surface area contributed by atoms with Gasteiger partial charge in [0.2, 0.25) is 0 Å². The largest absolute Gasteiger partial charge is 0.455 e. The van der Waals surface area contributed by atoms with Crippen molar-refractivity contribution in [1.82, 2.24) is 4.98 Å². The molecule has 0 amide bonds. The molecular weight excluding hydrogens is 374 g/mol. The lowest BCUT2D eigenvalue weighted by Crippen LogP contribution is -1.84. The molecule has 2 nitrogen and oxygen atoms in total. The molecule has 29 heavy (non-hydrogen) atoms. The number of hydrogen-bond donors (Lipinski definition) is 0. The summed E-state index contributed by atoms with van der Waals surface area (Å²) in [4.78, 5) is 6.10. The van der Waals surface area contributed by atoms with E-state index in [1.54, 1.807) is 11.3 Å². The van der Waals surface area contributed by atoms with E-state index in [0.29, 0.717) is 0 Å². The van der Waals surface area contributed by atoms with Crippen LogP contribution in [0.3, 0.4) is 0 Å². The summed E-state index contributed by atoms with van der Waals surface area (Å²) in [6.45, 7) is 2.20. The van der Waals surface area contributed by atoms with Gasteiger partial charge in [0, 0.05) is 27.4 Å². The highest BCUT2D eigenvalue weighted by Gasteiger charge is 2.15. The minimum Gasteiger partial charge on any atom is -0.455 e. The van der Waals surface area contributed by atoms with Crippen molar-refractivity contribution in [3.8, 4) is 21.7 Å². The van der Waals surface area contributed by atoms with Gasteiger partial charge < -0.3 is 4.42 Å². The smallest absolute Gasteiger partial charge is 0.144 e. The van der Waals surface area contributed by atoms with Crippen molar-refractivity contribution in [3.05, 3.63) is 90.6 Å². The number of benzene rings is 3. The summed E-state index contributed by atoms with van der Waals surface area (Å²) in [6, 6.07) is 27.3. The van der Waals surface area contributed by atoms with E-state index in [0.717, 1.165) is 33.2 Å². The van der Waals surface area contributed by atoms with E-state index in [2.05, 4.69) is 67.6 Å². The lowest BCUT2D eigenvalue weighted by atomic mass is 10.0. The van der Waals surface area contributed by atoms with Gasteiger partial charge in [-0.25, -0.2) is 0 Å². The number of fused-ring (bicyclic) bond motifs is 4. The molecule has 0 N–H and O–H groups in total. The zero-order valence-electron chi connectivity index (χ0n) is 15.8. The van der Waals surface area contributed by atoms with E-state index in [1.807, 2.05) is 24.4 Å². The second-order valence-electron chi connectivity index (χ2n) is 7.27. The van der Waals surface area contributed by atoms with Crippen LogP contribution >= 0.6 is 11.3 Å². The first-order valence-electron chi connectivity index (χ1n) is 9.65. The third-order valence-electron chi connectivity index (χ3n) is 5.54. The number of aromatic nitrogens is 1. The van der Waals surface area contributed by atoms with Crippen LogP contribution < -0.4 is 0 Å². The monoisotopic (exact) mass is 391 g/mol. The Hall–Kier alpha value is -3.43. The maximum absolute atomic E-state index is 6.22. The minimum atomic E-state index is 0.900. The van der Waals surface area contributed by atoms with Crippen LogP contribution in [0, 0.1) is 6.92 Å². The Labute approximate surface area is 172 Å². The summed E-state index contributed by atoms with van der Waals surface area (Å²) in [5.41, 5.74) is 6.35. The Kier molecular flexibility index (Phi) is 3.58. The van der Waals surface area contributed by atoms with Gasteiger partial charge in [0.25, 0.3) is 0 Å². The summed E-state index contributed by atoms with van der Waals surface area (Å²) in [7, 11) is 0. The van der Waals surface area contributed by atoms with Crippen molar-refractivity contribution in [2.24, 2.45) is 0 Å². The quantitative estimate of drug-likeness (QED) is 0.300. The third kappa shape index (κ3) is 2.51. The van der Waals surface area contributed by atoms with Crippen LogP contribution in [0.15, 0.2) is 89.5 Å². The van der Waals surface area contributed by atoms with Crippen LogP contribution in [-0.4, -0.2) is 4.98 Å². The van der Waals surface area contributed by atoms with Crippen molar-refractivity contribution >= 4 is 43.4 Å². The number of furan rings is 1. The molecule has 6 rings (SSSR count). The zero-order valence-corrected chi connectivity index (χ0v) is 16.7. The average Bonchev–Trinajstić information content (AvgIpc) is 3.32. The van der Waals surface area contributed by atoms with Crippen LogP contribution in [0.4, 0.5) is 0 Å². The number of rotatable bonds is 2. The molecule has 0 atom stereocenters. The van der Waals surface area contributed by atoms with E-state index in [1.165, 1.54) is 26.1 Å². The van der Waals surface area contributed by atoms with Crippen LogP contribution in [0.2, 0.25) is 0 Å². The molecule has 3 heteroatoms. The van der Waals surface area contributed by atoms with Crippen molar-refractivity contribution in [1.29, 1.82) is 0 Å². The molecule has 6 aromatic rings. The fourth-order valence-electron chi connectivity index (χ4n) is 4.09. The van der Waals surface area contributed by atoms with Gasteiger partial charge in [-0.3, -0.25) is 4.98 Å². The molecule has 3 aromatic heterocycles. The Bertz CT molecular complexity index is 1510. The van der Waals surface area contributed by atoms with Crippen molar-refractivity contribution < 1.29 is 4.42 Å². The van der Waals surface area contributed by atoms with Gasteiger partial charge in [-0.15, -0.1) is 11.3 Å². The standard InChI is InChI=1S/C26H17NOS/c1-16-21-14-22(27-15-24(21)29-26(16)17-8-3-2-4-9-17)20-12-7-11-19-18-10-5-6-13-23(18)28-25(19)20/h2-15H,1H3. The van der Waals surface area contributed by atoms with Crippen molar-refractivity contribution in [2.75, 3.05) is 0 Å². The second kappa shape index (κ2) is 6.29. The van der Waals surface area contributed by atoms with Crippen molar-refractivity contribution in [3.63, 3.8) is 0 Å². The van der Waals surface area contributed by atoms with Crippen LogP contribution in [-0.2, 0) is 0 Å². The highest BCUT2D eigenvalue weighted by molar-refractivity contribution is 7.22. The molecule has 0 spiro atoms. The number of hydrogen-bond acceptors (Lipinski definition) is 3. The molecule has 0 saturated carbocycles. The number of para-hydroxylation sites is 2. The van der Waals surface area contributed by atoms with Gasteiger partial charge in [-0.1, -0.05) is 60.7 Å². The van der Waals surface area contributed by atoms with E-state index in [9.17, 15) is 0 Å². The van der Waals surface area contributed by atoms with Gasteiger partial charge in [0.15, 0.2) is 0 Å². The first-order valence-corrected chi connectivity index (χ1v) is 10.5. The van der Waals surface area contributed by atoms with Gasteiger partial charge in [-0.2, -0.15) is 0 Å². The molecule has 0 aliphatic rings. The molecule has 0 fully saturated rings. The number of pyridine rings is 1. The normalized spacial score (nSPS) is 11.6. The predicted molar refractivity (Wildman–Crippen MR) is 123 cm³/mol. The molecule has 0 saturated heterocycles. The molecule has 3 aromatic carbocycles. The topological polar surface area (TPSA) is 26.0 Å². The number of thiophene rings is 1. The predicted octanol–water partition coefficient (Wildman–Crippen LogP) is 7.84. The lowest BCUT2D eigenvalue weighted by molar-refractivity contribution is 0.670. The fourth-order valence-corrected chi connectivity index (χ4v) is 5.25. The molecule has 0 aliphatic heterocycles. The highest BCUT2D eigenvalue weighted by atomic mass is 32.1. The molecule has 138 valence electrons. The van der Waals surface area contributed by atoms with E-state index < -0.39 is 0 Å². The average molecular weight is 391 g/mol. The van der Waals surface area contributed by atoms with Crippen LogP contribution in [0.25, 0.3) is 53.7 Å². The summed E-state index contributed by atoms with van der Waals surface area (Å²) in [5.74, 6) is 0. The molecule has 3 heterocycles. The Morgan fingerprint density at radius 1 is 0.793 bits per heavy atom. The lowest BCUT2D eigenvalue weighted by Gasteiger charge is -2.03. The van der Waals surface area contributed by atoms with Gasteiger partial charge in [0.1, 0.15) is 11.2 Å². The number of aryl methyl sites for hydroxylation is 1. The van der Waals surface area contributed by atoms with Crippen LogP contribution in [0.1, 0.15) is 5.56 Å². The summed E-state index contributed by atoms with van der Waals surface area (Å²) < 4.78 is 7.43. The van der Waals surface area contributed by atoms with Crippen molar-refractivity contribution in [2.45, 2.75) is 6.92 Å². The maximum Gasteiger partial charge on any atom is 0.144 e. The highest BCUT2D eigenvalue weighted by Crippen LogP contribution is 2.40. The fraction of sp³-hybridized carbons (Fsp3) is 0.0385. The maximum atomic E-state index is 6.22. The van der Waals surface area contributed by atoms with Gasteiger partial charge in [-0.05, 0) is 41.6 Å². The second-order valence-corrected chi connectivity index (χ2v) is 8.32. The summed E-state index contributed by atoms with van der Waals surface area (Å²) in [6.07, 6.45) is 2.00. The molecule has 0 unspecified atom stereocenters. The van der Waals surface area contributed by atoms with E-state index in [4.69, 9.17) is 9.40 Å². The van der Waals surface area contributed by atoms with Gasteiger partial charge >= 0.3 is 0 Å². The molecular formula is C26H17NOS. The molecule has 0 radical (unpaired) electrons. The third-order valence-corrected chi connectivity index (χ3v) is 6.83. The Balaban J connectivity index is 1.58. The zero-order chi connectivity index (χ0) is 19.4. The summed E-state index contributed by atoms with van der Waals surface area (Å²) >= 11 is 1.80. The summed E-state index contributed by atoms with van der Waals surface area (Å²) in [5, 5.41) is 3.53. The molecule has 0 aliphatic carbocycles. The molecule has 0 bridgehead atoms. The SMILES string of the molecule is Cc1c(-c2ccccc2)sc2cnc(-c3cccc4c3oc3ccccc34)cc12. The first kappa shape index (κ1) is 16.5. The van der Waals surface area contributed by atoms with E-state index >= 15 is 0 Å². The van der Waals surface area contributed by atoms with Crippen LogP contribution in [0.5, 0.6) is 0 Å².